The van der Waals surface area contributed by atoms with Gasteiger partial charge in [-0.25, -0.2) is 0 Å². The first-order valence-corrected chi connectivity index (χ1v) is 6.66. The third-order valence-corrected chi connectivity index (χ3v) is 3.01. The van der Waals surface area contributed by atoms with Gasteiger partial charge in [0.05, 0.1) is 25.0 Å². The van der Waals surface area contributed by atoms with Crippen molar-refractivity contribution in [1.82, 2.24) is 0 Å². The molecule has 0 atom stereocenters. The summed E-state index contributed by atoms with van der Waals surface area (Å²) in [6, 6.07) is 5.68. The zero-order valence-electron chi connectivity index (χ0n) is 12.2. The number of carbonyl (C=O) groups is 1. The van der Waals surface area contributed by atoms with E-state index in [0.29, 0.717) is 24.5 Å². The van der Waals surface area contributed by atoms with Gasteiger partial charge >= 0.3 is 0 Å². The first kappa shape index (κ1) is 15.5. The fourth-order valence-corrected chi connectivity index (χ4v) is 2.08. The molecule has 0 fully saturated rings. The van der Waals surface area contributed by atoms with Gasteiger partial charge in [0.15, 0.2) is 5.78 Å². The van der Waals surface area contributed by atoms with Crippen LogP contribution in [0.5, 0.6) is 5.75 Å². The Balaban J connectivity index is 3.05. The summed E-state index contributed by atoms with van der Waals surface area (Å²) >= 11 is 0. The van der Waals surface area contributed by atoms with Crippen molar-refractivity contribution in [3.63, 3.8) is 0 Å². The van der Waals surface area contributed by atoms with Crippen LogP contribution in [-0.4, -0.2) is 39.2 Å². The lowest BCUT2D eigenvalue weighted by atomic mass is 10.1. The van der Waals surface area contributed by atoms with E-state index in [9.17, 15) is 4.79 Å². The van der Waals surface area contributed by atoms with Crippen molar-refractivity contribution in [2.24, 2.45) is 0 Å². The molecule has 0 N–H and O–H groups in total. The zero-order chi connectivity index (χ0) is 14.3. The molecule has 0 heterocycles. The van der Waals surface area contributed by atoms with E-state index in [0.717, 1.165) is 18.8 Å². The summed E-state index contributed by atoms with van der Waals surface area (Å²) in [6.45, 7) is 8.54. The zero-order valence-corrected chi connectivity index (χ0v) is 12.2. The van der Waals surface area contributed by atoms with E-state index >= 15 is 0 Å². The fourth-order valence-electron chi connectivity index (χ4n) is 2.08. The highest BCUT2D eigenvalue weighted by Crippen LogP contribution is 2.29. The van der Waals surface area contributed by atoms with Crippen LogP contribution in [-0.2, 0) is 4.74 Å². The van der Waals surface area contributed by atoms with Crippen molar-refractivity contribution in [1.29, 1.82) is 0 Å². The fraction of sp³-hybridized carbons (Fsp3) is 0.533. The second-order valence-corrected chi connectivity index (χ2v) is 4.19. The first-order valence-electron chi connectivity index (χ1n) is 6.66. The van der Waals surface area contributed by atoms with Crippen LogP contribution in [0.15, 0.2) is 18.2 Å². The van der Waals surface area contributed by atoms with Gasteiger partial charge in [-0.1, -0.05) is 6.07 Å². The van der Waals surface area contributed by atoms with Gasteiger partial charge in [0.1, 0.15) is 5.75 Å². The van der Waals surface area contributed by atoms with Gasteiger partial charge in [-0.3, -0.25) is 4.79 Å². The maximum Gasteiger partial charge on any atom is 0.165 e. The van der Waals surface area contributed by atoms with Gasteiger partial charge in [-0.2, -0.15) is 0 Å². The number of anilines is 1. The van der Waals surface area contributed by atoms with Gasteiger partial charge in [0.25, 0.3) is 0 Å². The molecule has 1 aromatic carbocycles. The maximum atomic E-state index is 11.9. The SMILES string of the molecule is CCOCCN(CC)c1cccc(OC)c1C(C)=O. The molecular weight excluding hydrogens is 242 g/mol. The number of ether oxygens (including phenoxy) is 2. The van der Waals surface area contributed by atoms with Gasteiger partial charge in [-0.05, 0) is 32.9 Å². The lowest BCUT2D eigenvalue weighted by molar-refractivity contribution is 0.101. The third kappa shape index (κ3) is 3.96. The van der Waals surface area contributed by atoms with Crippen molar-refractivity contribution >= 4 is 11.5 Å². The highest BCUT2D eigenvalue weighted by atomic mass is 16.5. The lowest BCUT2D eigenvalue weighted by Gasteiger charge is -2.25. The van der Waals surface area contributed by atoms with Gasteiger partial charge < -0.3 is 14.4 Å². The molecule has 1 aromatic rings. The summed E-state index contributed by atoms with van der Waals surface area (Å²) in [7, 11) is 1.59. The molecule has 0 saturated carbocycles. The topological polar surface area (TPSA) is 38.8 Å². The molecule has 4 nitrogen and oxygen atoms in total. The largest absolute Gasteiger partial charge is 0.496 e. The minimum absolute atomic E-state index is 0.0160. The van der Waals surface area contributed by atoms with E-state index in [1.165, 1.54) is 0 Å². The van der Waals surface area contributed by atoms with E-state index in [-0.39, 0.29) is 5.78 Å². The summed E-state index contributed by atoms with van der Waals surface area (Å²) in [5, 5.41) is 0. The van der Waals surface area contributed by atoms with Crippen LogP contribution in [0.4, 0.5) is 5.69 Å². The number of rotatable bonds is 8. The third-order valence-electron chi connectivity index (χ3n) is 3.01. The second-order valence-electron chi connectivity index (χ2n) is 4.19. The number of nitrogens with zero attached hydrogens (tertiary/aromatic N) is 1. The minimum Gasteiger partial charge on any atom is -0.496 e. The molecule has 0 aliphatic rings. The number of carbonyl (C=O) groups excluding carboxylic acids is 1. The van der Waals surface area contributed by atoms with Crippen molar-refractivity contribution in [3.8, 4) is 5.75 Å². The summed E-state index contributed by atoms with van der Waals surface area (Å²) in [4.78, 5) is 14.0. The molecule has 0 saturated heterocycles. The molecule has 4 heteroatoms. The maximum absolute atomic E-state index is 11.9. The van der Waals surface area contributed by atoms with Crippen LogP contribution in [0.3, 0.4) is 0 Å². The Morgan fingerprint density at radius 2 is 2.05 bits per heavy atom. The number of Topliss-reactive ketones (excluding diaryl/α,β-unsaturated/α-hetero) is 1. The number of hydrogen-bond acceptors (Lipinski definition) is 4. The Kier molecular flexibility index (Phi) is 6.36. The Hall–Kier alpha value is -1.55. The first-order chi connectivity index (χ1) is 9.15. The van der Waals surface area contributed by atoms with Crippen LogP contribution < -0.4 is 9.64 Å². The van der Waals surface area contributed by atoms with E-state index in [1.54, 1.807) is 14.0 Å². The predicted molar refractivity (Wildman–Crippen MR) is 77.4 cm³/mol. The smallest absolute Gasteiger partial charge is 0.165 e. The summed E-state index contributed by atoms with van der Waals surface area (Å²) in [5.41, 5.74) is 1.55. The van der Waals surface area contributed by atoms with Crippen molar-refractivity contribution in [2.75, 3.05) is 38.3 Å². The lowest BCUT2D eigenvalue weighted by Crippen LogP contribution is -2.28. The summed E-state index contributed by atoms with van der Waals surface area (Å²) in [5.74, 6) is 0.641. The highest BCUT2D eigenvalue weighted by molar-refractivity contribution is 6.02. The molecule has 0 aromatic heterocycles. The Bertz CT molecular complexity index is 418. The van der Waals surface area contributed by atoms with E-state index in [4.69, 9.17) is 9.47 Å². The van der Waals surface area contributed by atoms with Crippen molar-refractivity contribution < 1.29 is 14.3 Å². The van der Waals surface area contributed by atoms with Crippen LogP contribution >= 0.6 is 0 Å². The van der Waals surface area contributed by atoms with Gasteiger partial charge in [0.2, 0.25) is 0 Å². The minimum atomic E-state index is 0.0160. The standard InChI is InChI=1S/C15H23NO3/c1-5-16(10-11-19-6-2)13-8-7-9-14(18-4)15(13)12(3)17/h7-9H,5-6,10-11H2,1-4H3. The van der Waals surface area contributed by atoms with Crippen molar-refractivity contribution in [3.05, 3.63) is 23.8 Å². The number of benzene rings is 1. The van der Waals surface area contributed by atoms with Crippen molar-refractivity contribution in [2.45, 2.75) is 20.8 Å². The number of ketones is 1. The average Bonchev–Trinajstić information content (AvgIpc) is 2.42. The van der Waals surface area contributed by atoms with Crippen LogP contribution in [0, 0.1) is 0 Å². The molecule has 0 aliphatic carbocycles. The molecule has 0 aliphatic heterocycles. The van der Waals surface area contributed by atoms with Crippen LogP contribution in [0.2, 0.25) is 0 Å². The highest BCUT2D eigenvalue weighted by Gasteiger charge is 2.17. The molecule has 19 heavy (non-hydrogen) atoms. The Morgan fingerprint density at radius 3 is 2.58 bits per heavy atom. The normalized spacial score (nSPS) is 10.3. The summed E-state index contributed by atoms with van der Waals surface area (Å²) < 4.78 is 10.7. The molecule has 0 amide bonds. The summed E-state index contributed by atoms with van der Waals surface area (Å²) in [6.07, 6.45) is 0. The number of likely N-dealkylation sites (N-methyl/N-ethyl adjacent to an activating group) is 1. The number of hydrogen-bond donors (Lipinski definition) is 0. The van der Waals surface area contributed by atoms with E-state index in [2.05, 4.69) is 11.8 Å². The van der Waals surface area contributed by atoms with Crippen LogP contribution in [0.1, 0.15) is 31.1 Å². The second kappa shape index (κ2) is 7.79. The van der Waals surface area contributed by atoms with Gasteiger partial charge in [-0.15, -0.1) is 0 Å². The van der Waals surface area contributed by atoms with Crippen LogP contribution in [0.25, 0.3) is 0 Å². The molecule has 0 spiro atoms. The van der Waals surface area contributed by atoms with E-state index in [1.807, 2.05) is 25.1 Å². The van der Waals surface area contributed by atoms with E-state index < -0.39 is 0 Å². The van der Waals surface area contributed by atoms with Gasteiger partial charge in [0, 0.05) is 19.7 Å². The molecule has 0 radical (unpaired) electrons. The monoisotopic (exact) mass is 265 g/mol. The average molecular weight is 265 g/mol. The Morgan fingerprint density at radius 1 is 1.32 bits per heavy atom. The number of methoxy groups -OCH3 is 1. The molecular formula is C15H23NO3. The molecule has 1 rings (SSSR count). The Labute approximate surface area is 115 Å². The molecule has 106 valence electrons. The molecule has 0 unspecified atom stereocenters. The molecule has 0 bridgehead atoms. The quantitative estimate of drug-likeness (QED) is 0.535. The predicted octanol–water partition coefficient (Wildman–Crippen LogP) is 2.76.